The summed E-state index contributed by atoms with van der Waals surface area (Å²) >= 11 is 0. The zero-order valence-corrected chi connectivity index (χ0v) is 17.7. The van der Waals surface area contributed by atoms with Gasteiger partial charge in [0, 0.05) is 28.2 Å². The van der Waals surface area contributed by atoms with Crippen LogP contribution in [0, 0.1) is 6.92 Å². The van der Waals surface area contributed by atoms with E-state index in [-0.39, 0.29) is 0 Å². The molecule has 2 heterocycles. The number of hydrogen-bond acceptors (Lipinski definition) is 4. The Bertz CT molecular complexity index is 1350. The maximum Gasteiger partial charge on any atom is 0.363 e. The highest BCUT2D eigenvalue weighted by Gasteiger charge is 2.24. The molecule has 0 fully saturated rings. The van der Waals surface area contributed by atoms with E-state index in [1.165, 1.54) is 0 Å². The number of para-hydroxylation sites is 2. The molecule has 32 heavy (non-hydrogen) atoms. The van der Waals surface area contributed by atoms with Gasteiger partial charge in [-0.25, -0.2) is 9.79 Å². The van der Waals surface area contributed by atoms with Crippen molar-refractivity contribution in [2.24, 2.45) is 4.99 Å². The van der Waals surface area contributed by atoms with Crippen LogP contribution in [0.25, 0.3) is 17.0 Å². The van der Waals surface area contributed by atoms with Crippen LogP contribution in [0.2, 0.25) is 0 Å². The monoisotopic (exact) mass is 422 g/mol. The standard InChI is InChI=1S/C27H22N2O3/c1-19-8-7-9-20(16-19)26-28-24(27(30)32-26)17-21-18-29(25-13-6-5-12-23(21)25)14-15-31-22-10-3-2-4-11-22/h2-13,16-18H,14-15H2,1H3. The third-order valence-electron chi connectivity index (χ3n) is 5.34. The molecule has 0 saturated carbocycles. The van der Waals surface area contributed by atoms with Crippen molar-refractivity contribution >= 4 is 28.8 Å². The Hall–Kier alpha value is -4.12. The quantitative estimate of drug-likeness (QED) is 0.310. The number of hydrogen-bond donors (Lipinski definition) is 0. The van der Waals surface area contributed by atoms with Crippen LogP contribution in [-0.4, -0.2) is 23.0 Å². The smallest absolute Gasteiger partial charge is 0.363 e. The number of benzene rings is 3. The summed E-state index contributed by atoms with van der Waals surface area (Å²) < 4.78 is 13.4. The van der Waals surface area contributed by atoms with Crippen molar-refractivity contribution in [3.8, 4) is 5.75 Å². The van der Waals surface area contributed by atoms with Gasteiger partial charge >= 0.3 is 5.97 Å². The molecule has 0 spiro atoms. The molecule has 1 aromatic heterocycles. The molecule has 5 heteroatoms. The normalized spacial score (nSPS) is 14.6. The van der Waals surface area contributed by atoms with Crippen LogP contribution in [0.4, 0.5) is 0 Å². The molecule has 0 aliphatic carbocycles. The summed E-state index contributed by atoms with van der Waals surface area (Å²) in [6.07, 6.45) is 3.82. The second-order valence-electron chi connectivity index (χ2n) is 7.66. The Morgan fingerprint density at radius 2 is 1.81 bits per heavy atom. The molecule has 5 rings (SSSR count). The van der Waals surface area contributed by atoms with Crippen LogP contribution in [0.1, 0.15) is 16.7 Å². The van der Waals surface area contributed by atoms with E-state index in [1.807, 2.05) is 85.9 Å². The first-order valence-electron chi connectivity index (χ1n) is 10.5. The van der Waals surface area contributed by atoms with E-state index in [2.05, 4.69) is 15.6 Å². The molecule has 0 unspecified atom stereocenters. The summed E-state index contributed by atoms with van der Waals surface area (Å²) in [5.41, 5.74) is 4.17. The van der Waals surface area contributed by atoms with Crippen molar-refractivity contribution in [1.29, 1.82) is 0 Å². The van der Waals surface area contributed by atoms with Gasteiger partial charge in [0.1, 0.15) is 12.4 Å². The molecule has 0 N–H and O–H groups in total. The van der Waals surface area contributed by atoms with Crippen LogP contribution >= 0.6 is 0 Å². The molecule has 0 atom stereocenters. The van der Waals surface area contributed by atoms with E-state index >= 15 is 0 Å². The minimum absolute atomic E-state index is 0.296. The molecule has 0 amide bonds. The van der Waals surface area contributed by atoms with E-state index in [0.717, 1.165) is 33.3 Å². The molecule has 1 aliphatic heterocycles. The Labute approximate surface area is 186 Å². The first-order valence-corrected chi connectivity index (χ1v) is 10.5. The fraction of sp³-hybridized carbons (Fsp3) is 0.111. The Balaban J connectivity index is 1.43. The number of aromatic nitrogens is 1. The first-order chi connectivity index (χ1) is 15.7. The van der Waals surface area contributed by atoms with E-state index in [0.29, 0.717) is 24.7 Å². The number of aryl methyl sites for hydroxylation is 1. The summed E-state index contributed by atoms with van der Waals surface area (Å²) in [4.78, 5) is 17.0. The third-order valence-corrected chi connectivity index (χ3v) is 5.34. The minimum atomic E-state index is -0.439. The van der Waals surface area contributed by atoms with Crippen LogP contribution in [-0.2, 0) is 16.1 Å². The van der Waals surface area contributed by atoms with Gasteiger partial charge in [-0.05, 0) is 43.3 Å². The van der Waals surface area contributed by atoms with Crippen molar-refractivity contribution in [3.05, 3.63) is 107 Å². The summed E-state index contributed by atoms with van der Waals surface area (Å²) in [7, 11) is 0. The van der Waals surface area contributed by atoms with Gasteiger partial charge in [-0.2, -0.15) is 0 Å². The molecule has 3 aromatic carbocycles. The summed E-state index contributed by atoms with van der Waals surface area (Å²) in [5.74, 6) is 0.744. The highest BCUT2D eigenvalue weighted by Crippen LogP contribution is 2.26. The Kier molecular flexibility index (Phi) is 5.30. The average molecular weight is 422 g/mol. The maximum atomic E-state index is 12.5. The first kappa shape index (κ1) is 19.8. The number of aliphatic imine (C=N–C) groups is 1. The van der Waals surface area contributed by atoms with Crippen LogP contribution in [0.15, 0.2) is 95.7 Å². The van der Waals surface area contributed by atoms with E-state index < -0.39 is 5.97 Å². The molecule has 158 valence electrons. The lowest BCUT2D eigenvalue weighted by Gasteiger charge is -2.08. The molecule has 0 bridgehead atoms. The Morgan fingerprint density at radius 1 is 1.00 bits per heavy atom. The summed E-state index contributed by atoms with van der Waals surface area (Å²) in [6.45, 7) is 3.21. The largest absolute Gasteiger partial charge is 0.492 e. The molecule has 0 radical (unpaired) electrons. The number of ether oxygens (including phenoxy) is 2. The highest BCUT2D eigenvalue weighted by molar-refractivity contribution is 6.13. The lowest BCUT2D eigenvalue weighted by molar-refractivity contribution is -0.129. The SMILES string of the molecule is Cc1cccc(C2=NC(=Cc3cn(CCOc4ccccc4)c4ccccc34)C(=O)O2)c1. The number of cyclic esters (lactones) is 1. The van der Waals surface area contributed by atoms with Crippen molar-refractivity contribution in [2.45, 2.75) is 13.5 Å². The van der Waals surface area contributed by atoms with Crippen LogP contribution in [0.3, 0.4) is 0 Å². The predicted molar refractivity (Wildman–Crippen MR) is 126 cm³/mol. The van der Waals surface area contributed by atoms with E-state index in [1.54, 1.807) is 6.08 Å². The highest BCUT2D eigenvalue weighted by atomic mass is 16.6. The zero-order valence-electron chi connectivity index (χ0n) is 17.7. The number of carbonyl (C=O) groups excluding carboxylic acids is 1. The lowest BCUT2D eigenvalue weighted by atomic mass is 10.1. The van der Waals surface area contributed by atoms with Crippen molar-refractivity contribution in [2.75, 3.05) is 6.61 Å². The summed E-state index contributed by atoms with van der Waals surface area (Å²) in [6, 6.07) is 25.6. The van der Waals surface area contributed by atoms with Gasteiger partial charge < -0.3 is 14.0 Å². The fourth-order valence-electron chi connectivity index (χ4n) is 3.81. The average Bonchev–Trinajstić information content (AvgIpc) is 3.35. The number of carbonyl (C=O) groups is 1. The van der Waals surface area contributed by atoms with Gasteiger partial charge in [-0.3, -0.25) is 0 Å². The molecule has 5 nitrogen and oxygen atoms in total. The van der Waals surface area contributed by atoms with Gasteiger partial charge in [0.15, 0.2) is 5.70 Å². The van der Waals surface area contributed by atoms with Gasteiger partial charge in [0.25, 0.3) is 0 Å². The molecular formula is C27H22N2O3. The minimum Gasteiger partial charge on any atom is -0.492 e. The summed E-state index contributed by atoms with van der Waals surface area (Å²) in [5, 5.41) is 1.05. The number of rotatable bonds is 6. The lowest BCUT2D eigenvalue weighted by Crippen LogP contribution is -2.07. The van der Waals surface area contributed by atoms with E-state index in [9.17, 15) is 4.79 Å². The predicted octanol–water partition coefficient (Wildman–Crippen LogP) is 5.37. The zero-order chi connectivity index (χ0) is 21.9. The van der Waals surface area contributed by atoms with Gasteiger partial charge in [0.05, 0.1) is 6.54 Å². The second kappa shape index (κ2) is 8.55. The number of fused-ring (bicyclic) bond motifs is 1. The molecule has 0 saturated heterocycles. The molecule has 1 aliphatic rings. The van der Waals surface area contributed by atoms with Crippen LogP contribution < -0.4 is 4.74 Å². The van der Waals surface area contributed by atoms with Crippen molar-refractivity contribution in [3.63, 3.8) is 0 Å². The van der Waals surface area contributed by atoms with Crippen LogP contribution in [0.5, 0.6) is 5.75 Å². The number of esters is 1. The van der Waals surface area contributed by atoms with Crippen molar-refractivity contribution < 1.29 is 14.3 Å². The fourth-order valence-corrected chi connectivity index (χ4v) is 3.81. The van der Waals surface area contributed by atoms with Gasteiger partial charge in [-0.15, -0.1) is 0 Å². The van der Waals surface area contributed by atoms with Crippen molar-refractivity contribution in [1.82, 2.24) is 4.57 Å². The Morgan fingerprint density at radius 3 is 2.66 bits per heavy atom. The van der Waals surface area contributed by atoms with E-state index in [4.69, 9.17) is 9.47 Å². The third kappa shape index (κ3) is 4.05. The number of nitrogens with zero attached hydrogens (tertiary/aromatic N) is 2. The molecule has 4 aromatic rings. The van der Waals surface area contributed by atoms with Gasteiger partial charge in [0.2, 0.25) is 5.90 Å². The maximum absolute atomic E-state index is 12.5. The second-order valence-corrected chi connectivity index (χ2v) is 7.66. The van der Waals surface area contributed by atoms with Gasteiger partial charge in [-0.1, -0.05) is 54.1 Å². The molecular weight excluding hydrogens is 400 g/mol. The topological polar surface area (TPSA) is 52.8 Å².